The van der Waals surface area contributed by atoms with Crippen LogP contribution in [0.25, 0.3) is 0 Å². The summed E-state index contributed by atoms with van der Waals surface area (Å²) in [6, 6.07) is 3.70. The van der Waals surface area contributed by atoms with Crippen LogP contribution < -0.4 is 15.0 Å². The Morgan fingerprint density at radius 2 is 2.36 bits per heavy atom. The standard InChI is InChI=1S/C9H10ClNO3/c1-12-11-4-6-2-7(10)9-8(3-6)13-5-14-9/h2-3,11H,4-5H2,1H3. The van der Waals surface area contributed by atoms with Crippen LogP contribution >= 0.6 is 11.6 Å². The third kappa shape index (κ3) is 1.77. The second-order valence-electron chi connectivity index (χ2n) is 2.84. The molecule has 4 nitrogen and oxygen atoms in total. The van der Waals surface area contributed by atoms with Crippen molar-refractivity contribution in [2.24, 2.45) is 0 Å². The first-order valence-corrected chi connectivity index (χ1v) is 4.53. The number of hydrogen-bond acceptors (Lipinski definition) is 4. The molecule has 0 saturated heterocycles. The maximum atomic E-state index is 5.98. The molecule has 0 atom stereocenters. The van der Waals surface area contributed by atoms with E-state index in [0.29, 0.717) is 23.1 Å². The van der Waals surface area contributed by atoms with Gasteiger partial charge < -0.3 is 14.3 Å². The van der Waals surface area contributed by atoms with Gasteiger partial charge in [0.1, 0.15) is 0 Å². The molecule has 0 saturated carbocycles. The Labute approximate surface area is 86.7 Å². The minimum Gasteiger partial charge on any atom is -0.454 e. The molecule has 0 amide bonds. The molecule has 76 valence electrons. The molecule has 0 fully saturated rings. The molecule has 5 heteroatoms. The Morgan fingerprint density at radius 3 is 3.14 bits per heavy atom. The maximum Gasteiger partial charge on any atom is 0.231 e. The molecule has 2 rings (SSSR count). The van der Waals surface area contributed by atoms with E-state index in [1.807, 2.05) is 12.1 Å². The van der Waals surface area contributed by atoms with Crippen molar-refractivity contribution < 1.29 is 14.3 Å². The van der Waals surface area contributed by atoms with Crippen LogP contribution in [0.5, 0.6) is 11.5 Å². The van der Waals surface area contributed by atoms with Crippen LogP contribution in [0.2, 0.25) is 5.02 Å². The zero-order valence-corrected chi connectivity index (χ0v) is 8.43. The summed E-state index contributed by atoms with van der Waals surface area (Å²) in [4.78, 5) is 4.74. The van der Waals surface area contributed by atoms with Gasteiger partial charge in [-0.05, 0) is 17.7 Å². The van der Waals surface area contributed by atoms with Crippen molar-refractivity contribution in [3.05, 3.63) is 22.7 Å². The van der Waals surface area contributed by atoms with E-state index in [2.05, 4.69) is 5.48 Å². The highest BCUT2D eigenvalue weighted by Crippen LogP contribution is 2.39. The van der Waals surface area contributed by atoms with E-state index in [0.717, 1.165) is 5.56 Å². The molecule has 1 heterocycles. The summed E-state index contributed by atoms with van der Waals surface area (Å²) in [5.74, 6) is 1.30. The van der Waals surface area contributed by atoms with Crippen molar-refractivity contribution in [3.8, 4) is 11.5 Å². The van der Waals surface area contributed by atoms with Crippen molar-refractivity contribution in [2.75, 3.05) is 13.9 Å². The number of hydrogen-bond donors (Lipinski definition) is 1. The fourth-order valence-electron chi connectivity index (χ4n) is 1.28. The highest BCUT2D eigenvalue weighted by molar-refractivity contribution is 6.32. The van der Waals surface area contributed by atoms with E-state index in [9.17, 15) is 0 Å². The lowest BCUT2D eigenvalue weighted by Gasteiger charge is -2.05. The highest BCUT2D eigenvalue weighted by Gasteiger charge is 2.17. The van der Waals surface area contributed by atoms with E-state index in [-0.39, 0.29) is 6.79 Å². The summed E-state index contributed by atoms with van der Waals surface area (Å²) in [6.45, 7) is 0.809. The maximum absolute atomic E-state index is 5.98. The number of hydroxylamine groups is 1. The van der Waals surface area contributed by atoms with Gasteiger partial charge in [-0.3, -0.25) is 0 Å². The van der Waals surface area contributed by atoms with Crippen molar-refractivity contribution in [3.63, 3.8) is 0 Å². The molecule has 0 bridgehead atoms. The summed E-state index contributed by atoms with van der Waals surface area (Å²) < 4.78 is 10.4. The lowest BCUT2D eigenvalue weighted by Crippen LogP contribution is -2.10. The topological polar surface area (TPSA) is 39.7 Å². The third-order valence-electron chi connectivity index (χ3n) is 1.91. The predicted octanol–water partition coefficient (Wildman–Crippen LogP) is 1.72. The van der Waals surface area contributed by atoms with Gasteiger partial charge in [-0.25, -0.2) is 0 Å². The Morgan fingerprint density at radius 1 is 1.50 bits per heavy atom. The molecule has 0 aliphatic carbocycles. The molecule has 0 unspecified atom stereocenters. The smallest absolute Gasteiger partial charge is 0.231 e. The van der Waals surface area contributed by atoms with Crippen molar-refractivity contribution in [2.45, 2.75) is 6.54 Å². The molecule has 14 heavy (non-hydrogen) atoms. The molecule has 1 N–H and O–H groups in total. The minimum atomic E-state index is 0.232. The van der Waals surface area contributed by atoms with E-state index >= 15 is 0 Å². The number of benzene rings is 1. The first-order valence-electron chi connectivity index (χ1n) is 4.15. The fraction of sp³-hybridized carbons (Fsp3) is 0.333. The van der Waals surface area contributed by atoms with Crippen LogP contribution in [0, 0.1) is 0 Å². The normalized spacial score (nSPS) is 13.3. The number of rotatable bonds is 3. The van der Waals surface area contributed by atoms with Crippen molar-refractivity contribution in [1.29, 1.82) is 0 Å². The van der Waals surface area contributed by atoms with Gasteiger partial charge in [0.05, 0.1) is 12.1 Å². The molecule has 1 aliphatic rings. The summed E-state index contributed by atoms with van der Waals surface area (Å²) >= 11 is 5.98. The van der Waals surface area contributed by atoms with Crippen molar-refractivity contribution >= 4 is 11.6 Å². The number of nitrogens with one attached hydrogen (secondary N) is 1. The van der Waals surface area contributed by atoms with Gasteiger partial charge in [0.15, 0.2) is 11.5 Å². The van der Waals surface area contributed by atoms with E-state index in [1.54, 1.807) is 7.11 Å². The lowest BCUT2D eigenvalue weighted by molar-refractivity contribution is 0.0867. The minimum absolute atomic E-state index is 0.232. The number of fused-ring (bicyclic) bond motifs is 1. The largest absolute Gasteiger partial charge is 0.454 e. The summed E-state index contributed by atoms with van der Waals surface area (Å²) in [5.41, 5.74) is 3.72. The average Bonchev–Trinajstić information content (AvgIpc) is 2.63. The number of halogens is 1. The van der Waals surface area contributed by atoms with Gasteiger partial charge in [0, 0.05) is 6.54 Å². The van der Waals surface area contributed by atoms with Gasteiger partial charge in [-0.15, -0.1) is 0 Å². The van der Waals surface area contributed by atoms with Crippen LogP contribution in [0.1, 0.15) is 5.56 Å². The average molecular weight is 216 g/mol. The zero-order chi connectivity index (χ0) is 9.97. The lowest BCUT2D eigenvalue weighted by atomic mass is 10.2. The fourth-order valence-corrected chi connectivity index (χ4v) is 1.57. The van der Waals surface area contributed by atoms with Crippen LogP contribution in [0.15, 0.2) is 12.1 Å². The Hall–Kier alpha value is -0.970. The Kier molecular flexibility index (Phi) is 2.77. The molecule has 0 radical (unpaired) electrons. The van der Waals surface area contributed by atoms with Crippen molar-refractivity contribution in [1.82, 2.24) is 5.48 Å². The molecular formula is C9H10ClNO3. The van der Waals surface area contributed by atoms with E-state index in [4.69, 9.17) is 25.9 Å². The van der Waals surface area contributed by atoms with Gasteiger partial charge in [0.25, 0.3) is 0 Å². The summed E-state index contributed by atoms with van der Waals surface area (Å²) in [6.07, 6.45) is 0. The van der Waals surface area contributed by atoms with Gasteiger partial charge in [0.2, 0.25) is 6.79 Å². The molecule has 0 spiro atoms. The molecule has 1 aromatic carbocycles. The summed E-state index contributed by atoms with van der Waals surface area (Å²) in [5, 5.41) is 0.563. The van der Waals surface area contributed by atoms with E-state index < -0.39 is 0 Å². The van der Waals surface area contributed by atoms with Crippen LogP contribution in [-0.2, 0) is 11.4 Å². The molecule has 1 aromatic rings. The monoisotopic (exact) mass is 215 g/mol. The summed E-state index contributed by atoms with van der Waals surface area (Å²) in [7, 11) is 1.56. The van der Waals surface area contributed by atoms with Gasteiger partial charge >= 0.3 is 0 Å². The number of ether oxygens (including phenoxy) is 2. The van der Waals surface area contributed by atoms with E-state index in [1.165, 1.54) is 0 Å². The zero-order valence-electron chi connectivity index (χ0n) is 7.67. The Bertz CT molecular complexity index is 343. The highest BCUT2D eigenvalue weighted by atomic mass is 35.5. The Balaban J connectivity index is 2.23. The van der Waals surface area contributed by atoms with Crippen LogP contribution in [0.4, 0.5) is 0 Å². The van der Waals surface area contributed by atoms with Crippen LogP contribution in [0.3, 0.4) is 0 Å². The first kappa shape index (κ1) is 9.58. The third-order valence-corrected chi connectivity index (χ3v) is 2.19. The molecular weight excluding hydrogens is 206 g/mol. The molecule has 0 aromatic heterocycles. The predicted molar refractivity (Wildman–Crippen MR) is 51.4 cm³/mol. The second-order valence-corrected chi connectivity index (χ2v) is 3.24. The SMILES string of the molecule is CONCc1cc(Cl)c2c(c1)OCO2. The van der Waals surface area contributed by atoms with Gasteiger partial charge in [-0.2, -0.15) is 5.48 Å². The van der Waals surface area contributed by atoms with Gasteiger partial charge in [-0.1, -0.05) is 11.6 Å². The second kappa shape index (κ2) is 4.04. The van der Waals surface area contributed by atoms with Crippen LogP contribution in [-0.4, -0.2) is 13.9 Å². The first-order chi connectivity index (χ1) is 6.81. The molecule has 1 aliphatic heterocycles. The quantitative estimate of drug-likeness (QED) is 0.780.